The lowest BCUT2D eigenvalue weighted by molar-refractivity contribution is 0.0214. The molecule has 0 saturated heterocycles. The van der Waals surface area contributed by atoms with E-state index in [0.29, 0.717) is 5.92 Å². The van der Waals surface area contributed by atoms with E-state index in [1.165, 1.54) is 11.1 Å². The van der Waals surface area contributed by atoms with Gasteiger partial charge in [0.1, 0.15) is 5.76 Å². The van der Waals surface area contributed by atoms with Gasteiger partial charge in [0.05, 0.1) is 12.1 Å². The molecule has 3 nitrogen and oxygen atoms in total. The van der Waals surface area contributed by atoms with Crippen LogP contribution in [-0.4, -0.2) is 17.3 Å². The van der Waals surface area contributed by atoms with Gasteiger partial charge in [0.25, 0.3) is 0 Å². The Balaban J connectivity index is 2.03. The molecule has 17 heavy (non-hydrogen) atoms. The van der Waals surface area contributed by atoms with Crippen molar-refractivity contribution in [3.05, 3.63) is 23.0 Å². The third kappa shape index (κ3) is 1.49. The van der Waals surface area contributed by atoms with Crippen molar-refractivity contribution < 1.29 is 9.94 Å². The van der Waals surface area contributed by atoms with Crippen LogP contribution in [0.4, 0.5) is 0 Å². The lowest BCUT2D eigenvalue weighted by Crippen LogP contribution is -2.44. The molecule has 0 amide bonds. The van der Waals surface area contributed by atoms with Gasteiger partial charge in [0.2, 0.25) is 0 Å². The zero-order chi connectivity index (χ0) is 12.2. The number of rotatable bonds is 0. The smallest absolute Gasteiger partial charge is 0.122 e. The highest BCUT2D eigenvalue weighted by atomic mass is 16.7. The van der Waals surface area contributed by atoms with Crippen molar-refractivity contribution in [2.45, 2.75) is 52.2 Å². The maximum Gasteiger partial charge on any atom is 0.122 e. The van der Waals surface area contributed by atoms with E-state index in [2.05, 4.69) is 25.4 Å². The zero-order valence-electron chi connectivity index (χ0n) is 10.8. The number of nitrogens with one attached hydrogen (secondary N) is 1. The summed E-state index contributed by atoms with van der Waals surface area (Å²) in [5.74, 6) is 1.34. The summed E-state index contributed by atoms with van der Waals surface area (Å²) in [5, 5.41) is 10.1. The number of aliphatic hydroxyl groups is 1. The van der Waals surface area contributed by atoms with Crippen LogP contribution < -0.4 is 5.48 Å². The van der Waals surface area contributed by atoms with Crippen molar-refractivity contribution in [2.24, 2.45) is 11.3 Å². The van der Waals surface area contributed by atoms with Gasteiger partial charge in [-0.15, -0.1) is 5.48 Å². The van der Waals surface area contributed by atoms with Crippen molar-refractivity contribution in [1.82, 2.24) is 5.48 Å². The first-order valence-corrected chi connectivity index (χ1v) is 6.53. The number of hydrogen-bond donors (Lipinski definition) is 2. The van der Waals surface area contributed by atoms with Crippen LogP contribution in [-0.2, 0) is 4.84 Å². The van der Waals surface area contributed by atoms with Gasteiger partial charge >= 0.3 is 0 Å². The van der Waals surface area contributed by atoms with E-state index in [1.54, 1.807) is 0 Å². The molecule has 0 aromatic carbocycles. The summed E-state index contributed by atoms with van der Waals surface area (Å²) in [7, 11) is 0. The molecule has 3 heteroatoms. The van der Waals surface area contributed by atoms with Crippen LogP contribution in [0.3, 0.4) is 0 Å². The first-order valence-electron chi connectivity index (χ1n) is 6.53. The average Bonchev–Trinajstić information content (AvgIpc) is 2.64. The minimum Gasteiger partial charge on any atom is -0.413 e. The van der Waals surface area contributed by atoms with E-state index in [1.807, 2.05) is 6.92 Å². The van der Waals surface area contributed by atoms with Crippen molar-refractivity contribution >= 4 is 0 Å². The van der Waals surface area contributed by atoms with Crippen LogP contribution in [0.25, 0.3) is 0 Å². The number of fused-ring (bicyclic) bond motifs is 2. The number of hydroxylamine groups is 1. The second-order valence-corrected chi connectivity index (χ2v) is 5.96. The Bertz CT molecular complexity index is 412. The molecule has 3 aliphatic rings. The van der Waals surface area contributed by atoms with E-state index < -0.39 is 0 Å². The minimum atomic E-state index is -0.162. The van der Waals surface area contributed by atoms with Gasteiger partial charge < -0.3 is 9.94 Å². The van der Waals surface area contributed by atoms with Gasteiger partial charge in [0.15, 0.2) is 0 Å². The Hall–Kier alpha value is -0.800. The minimum absolute atomic E-state index is 0.111. The molecule has 1 aliphatic heterocycles. The molecule has 1 heterocycles. The van der Waals surface area contributed by atoms with Crippen LogP contribution in [0, 0.1) is 11.3 Å². The van der Waals surface area contributed by atoms with E-state index in [4.69, 9.17) is 4.84 Å². The van der Waals surface area contributed by atoms with Crippen LogP contribution in [0.1, 0.15) is 40.0 Å². The van der Waals surface area contributed by atoms with Gasteiger partial charge in [-0.25, -0.2) is 0 Å². The second-order valence-electron chi connectivity index (χ2n) is 5.96. The first-order chi connectivity index (χ1) is 8.02. The Morgan fingerprint density at radius 2 is 2.29 bits per heavy atom. The third-order valence-corrected chi connectivity index (χ3v) is 5.12. The molecule has 94 valence electrons. The average molecular weight is 235 g/mol. The van der Waals surface area contributed by atoms with E-state index >= 15 is 0 Å². The molecular weight excluding hydrogens is 214 g/mol. The van der Waals surface area contributed by atoms with Gasteiger partial charge in [-0.05, 0) is 43.1 Å². The Morgan fingerprint density at radius 3 is 3.06 bits per heavy atom. The lowest BCUT2D eigenvalue weighted by Gasteiger charge is -2.48. The molecule has 2 aliphatic carbocycles. The molecule has 0 radical (unpaired) electrons. The quantitative estimate of drug-likeness (QED) is 0.633. The van der Waals surface area contributed by atoms with Crippen molar-refractivity contribution in [3.8, 4) is 0 Å². The molecular formula is C14H21NO2. The molecule has 0 aromatic heterocycles. The van der Waals surface area contributed by atoms with Crippen molar-refractivity contribution in [1.29, 1.82) is 0 Å². The predicted molar refractivity (Wildman–Crippen MR) is 65.9 cm³/mol. The number of hydrogen-bond acceptors (Lipinski definition) is 3. The maximum absolute atomic E-state index is 10.1. The fourth-order valence-corrected chi connectivity index (χ4v) is 3.58. The topological polar surface area (TPSA) is 41.5 Å². The van der Waals surface area contributed by atoms with E-state index in [-0.39, 0.29) is 17.6 Å². The maximum atomic E-state index is 10.1. The Labute approximate surface area is 102 Å². The standard InChI is InChI=1S/C14H21NO2/c1-8-13(16)5-4-10-6-12-11(7-14(8,10)3)9(2)17-15-12/h6,8,12-13,15-16H,4-5,7H2,1-3H3. The largest absolute Gasteiger partial charge is 0.413 e. The van der Waals surface area contributed by atoms with Crippen molar-refractivity contribution in [2.75, 3.05) is 0 Å². The fraction of sp³-hybridized carbons (Fsp3) is 0.714. The number of aliphatic hydroxyl groups excluding tert-OH is 1. The van der Waals surface area contributed by atoms with Gasteiger partial charge in [-0.3, -0.25) is 0 Å². The third-order valence-electron chi connectivity index (χ3n) is 5.12. The SMILES string of the molecule is CC1=C2CC3(C)C(=CC2NO1)CCC(O)C3C. The normalized spacial score (nSPS) is 44.9. The van der Waals surface area contributed by atoms with E-state index in [0.717, 1.165) is 25.0 Å². The van der Waals surface area contributed by atoms with E-state index in [9.17, 15) is 5.11 Å². The molecule has 4 unspecified atom stereocenters. The summed E-state index contributed by atoms with van der Waals surface area (Å²) in [6.45, 7) is 6.49. The summed E-state index contributed by atoms with van der Waals surface area (Å²) in [4.78, 5) is 5.44. The molecule has 3 rings (SSSR count). The fourth-order valence-electron chi connectivity index (χ4n) is 3.58. The summed E-state index contributed by atoms with van der Waals surface area (Å²) in [5.41, 5.74) is 6.04. The summed E-state index contributed by atoms with van der Waals surface area (Å²) in [6, 6.07) is 0.264. The first kappa shape index (κ1) is 11.3. The Morgan fingerprint density at radius 1 is 1.53 bits per heavy atom. The van der Waals surface area contributed by atoms with Crippen LogP contribution in [0.5, 0.6) is 0 Å². The molecule has 4 atom stereocenters. The summed E-state index contributed by atoms with van der Waals surface area (Å²) < 4.78 is 0. The van der Waals surface area contributed by atoms with Gasteiger partial charge in [-0.1, -0.05) is 25.5 Å². The number of allylic oxidation sites excluding steroid dienone is 2. The zero-order valence-corrected chi connectivity index (χ0v) is 10.8. The van der Waals surface area contributed by atoms with Crippen LogP contribution >= 0.6 is 0 Å². The highest BCUT2D eigenvalue weighted by Gasteiger charge is 2.47. The highest BCUT2D eigenvalue weighted by Crippen LogP contribution is 2.53. The van der Waals surface area contributed by atoms with Crippen molar-refractivity contribution in [3.63, 3.8) is 0 Å². The summed E-state index contributed by atoms with van der Waals surface area (Å²) >= 11 is 0. The lowest BCUT2D eigenvalue weighted by atomic mass is 9.58. The van der Waals surface area contributed by atoms with Gasteiger partial charge in [0, 0.05) is 0 Å². The van der Waals surface area contributed by atoms with Crippen LogP contribution in [0.15, 0.2) is 23.0 Å². The predicted octanol–water partition coefficient (Wildman–Crippen LogP) is 2.29. The molecule has 0 aromatic rings. The summed E-state index contributed by atoms with van der Waals surface area (Å²) in [6.07, 6.45) is 5.09. The highest BCUT2D eigenvalue weighted by molar-refractivity contribution is 5.37. The second kappa shape index (κ2) is 3.59. The molecule has 0 bridgehead atoms. The monoisotopic (exact) mass is 235 g/mol. The molecule has 0 spiro atoms. The molecule has 1 fully saturated rings. The van der Waals surface area contributed by atoms with Gasteiger partial charge in [-0.2, -0.15) is 0 Å². The molecule has 1 saturated carbocycles. The Kier molecular flexibility index (Phi) is 2.39. The van der Waals surface area contributed by atoms with Crippen LogP contribution in [0.2, 0.25) is 0 Å². The molecule has 2 N–H and O–H groups in total.